The molecule has 3 N–H and O–H groups in total. The van der Waals surface area contributed by atoms with Crippen molar-refractivity contribution in [2.24, 2.45) is 53.3 Å². The first-order valence-electron chi connectivity index (χ1n) is 10.0. The highest BCUT2D eigenvalue weighted by Crippen LogP contribution is 2.65. The number of Topliss-reactive ketones (excluding diaryl/α,β-unsaturated/α-hetero) is 1. The highest BCUT2D eigenvalue weighted by Gasteiger charge is 2.63. The number of carboxylic acids is 1. The maximum absolute atomic E-state index is 12.3. The molecule has 5 nitrogen and oxygen atoms in total. The monoisotopic (exact) mass is 348 g/mol. The van der Waals surface area contributed by atoms with E-state index in [4.69, 9.17) is 0 Å². The van der Waals surface area contributed by atoms with Crippen molar-refractivity contribution in [3.8, 4) is 0 Å². The Morgan fingerprint density at radius 3 is 2.28 bits per heavy atom. The maximum Gasteiger partial charge on any atom is 0.306 e. The van der Waals surface area contributed by atoms with Crippen LogP contribution in [0, 0.1) is 53.3 Å². The third-order valence-electron chi connectivity index (χ3n) is 8.62. The molecule has 5 heteroatoms. The molecular weight excluding hydrogens is 320 g/mol. The minimum absolute atomic E-state index is 0.0713. The van der Waals surface area contributed by atoms with Gasteiger partial charge in [0, 0.05) is 12.8 Å². The van der Waals surface area contributed by atoms with E-state index in [1.54, 1.807) is 0 Å². The highest BCUT2D eigenvalue weighted by molar-refractivity contribution is 5.80. The normalized spacial score (nSPS) is 56.9. The zero-order chi connectivity index (χ0) is 17.5. The zero-order valence-corrected chi connectivity index (χ0v) is 14.5. The summed E-state index contributed by atoms with van der Waals surface area (Å²) < 4.78 is 0. The van der Waals surface area contributed by atoms with E-state index in [1.165, 1.54) is 0 Å². The molecule has 0 amide bonds. The molecule has 0 aromatic carbocycles. The largest absolute Gasteiger partial charge is 0.481 e. The van der Waals surface area contributed by atoms with Crippen molar-refractivity contribution in [3.63, 3.8) is 0 Å². The van der Waals surface area contributed by atoms with Gasteiger partial charge in [0.2, 0.25) is 0 Å². The van der Waals surface area contributed by atoms with Crippen LogP contribution in [0.2, 0.25) is 0 Å². The van der Waals surface area contributed by atoms with Crippen LogP contribution in [0.15, 0.2) is 0 Å². The maximum atomic E-state index is 12.3. The van der Waals surface area contributed by atoms with Gasteiger partial charge in [0.05, 0.1) is 18.1 Å². The first-order chi connectivity index (χ1) is 11.9. The Bertz CT molecular complexity index is 603. The number of carbonyl (C=O) groups excluding carboxylic acids is 1. The molecule has 5 aliphatic rings. The number of aliphatic carboxylic acids is 1. The van der Waals surface area contributed by atoms with E-state index in [9.17, 15) is 24.9 Å². The predicted octanol–water partition coefficient (Wildman–Crippen LogP) is 1.71. The molecule has 5 saturated carbocycles. The fourth-order valence-corrected chi connectivity index (χ4v) is 8.16. The SMILES string of the molecule is O=C1CC2CC3CC(O)CC4C(C(=O)O)CC5CC(O)C(C1)C2C5C34. The lowest BCUT2D eigenvalue weighted by atomic mass is 9.40. The molecule has 11 atom stereocenters. The molecule has 11 unspecified atom stereocenters. The first kappa shape index (κ1) is 16.2. The molecule has 0 radical (unpaired) electrons. The average molecular weight is 348 g/mol. The van der Waals surface area contributed by atoms with Gasteiger partial charge in [0.25, 0.3) is 0 Å². The van der Waals surface area contributed by atoms with Crippen LogP contribution in [-0.2, 0) is 9.59 Å². The van der Waals surface area contributed by atoms with Crippen LogP contribution < -0.4 is 0 Å². The third kappa shape index (κ3) is 2.27. The molecule has 0 saturated heterocycles. The Labute approximate surface area is 147 Å². The number of aliphatic hydroxyl groups excluding tert-OH is 2. The summed E-state index contributed by atoms with van der Waals surface area (Å²) in [5.41, 5.74) is 0. The van der Waals surface area contributed by atoms with Crippen LogP contribution in [0.1, 0.15) is 44.9 Å². The van der Waals surface area contributed by atoms with Gasteiger partial charge in [-0.3, -0.25) is 9.59 Å². The fraction of sp³-hybridized carbons (Fsp3) is 0.900. The van der Waals surface area contributed by atoms with Gasteiger partial charge in [0.15, 0.2) is 0 Å². The molecule has 0 bridgehead atoms. The zero-order valence-electron chi connectivity index (χ0n) is 14.5. The van der Waals surface area contributed by atoms with Crippen molar-refractivity contribution in [3.05, 3.63) is 0 Å². The number of rotatable bonds is 1. The smallest absolute Gasteiger partial charge is 0.306 e. The van der Waals surface area contributed by atoms with Crippen molar-refractivity contribution in [1.29, 1.82) is 0 Å². The van der Waals surface area contributed by atoms with Gasteiger partial charge in [-0.05, 0) is 79.4 Å². The lowest BCUT2D eigenvalue weighted by Crippen LogP contribution is -2.62. The fourth-order valence-electron chi connectivity index (χ4n) is 8.16. The summed E-state index contributed by atoms with van der Waals surface area (Å²) in [6.07, 6.45) is 3.91. The molecule has 5 aliphatic carbocycles. The Morgan fingerprint density at radius 1 is 0.800 bits per heavy atom. The van der Waals surface area contributed by atoms with Gasteiger partial charge >= 0.3 is 5.97 Å². The second kappa shape index (κ2) is 5.53. The highest BCUT2D eigenvalue weighted by atomic mass is 16.4. The van der Waals surface area contributed by atoms with Crippen molar-refractivity contribution in [2.75, 3.05) is 0 Å². The number of ketones is 1. The third-order valence-corrected chi connectivity index (χ3v) is 8.62. The van der Waals surface area contributed by atoms with E-state index in [0.29, 0.717) is 61.7 Å². The molecule has 5 rings (SSSR count). The summed E-state index contributed by atoms with van der Waals surface area (Å²) in [4.78, 5) is 24.2. The summed E-state index contributed by atoms with van der Waals surface area (Å²) in [7, 11) is 0. The predicted molar refractivity (Wildman–Crippen MR) is 88.4 cm³/mol. The van der Waals surface area contributed by atoms with Gasteiger partial charge in [-0.25, -0.2) is 0 Å². The van der Waals surface area contributed by atoms with Crippen molar-refractivity contribution >= 4 is 11.8 Å². The second-order valence-electron chi connectivity index (χ2n) is 9.63. The minimum Gasteiger partial charge on any atom is -0.481 e. The lowest BCUT2D eigenvalue weighted by Gasteiger charge is -2.64. The minimum atomic E-state index is -0.728. The van der Waals surface area contributed by atoms with E-state index >= 15 is 0 Å². The quantitative estimate of drug-likeness (QED) is 0.670. The number of aliphatic hydroxyl groups is 2. The second-order valence-corrected chi connectivity index (χ2v) is 9.63. The van der Waals surface area contributed by atoms with E-state index < -0.39 is 18.2 Å². The van der Waals surface area contributed by atoms with Crippen molar-refractivity contribution in [2.45, 2.75) is 57.2 Å². The van der Waals surface area contributed by atoms with Crippen LogP contribution in [0.3, 0.4) is 0 Å². The van der Waals surface area contributed by atoms with Gasteiger partial charge in [0.1, 0.15) is 5.78 Å². The molecule has 138 valence electrons. The van der Waals surface area contributed by atoms with Crippen molar-refractivity contribution in [1.82, 2.24) is 0 Å². The molecule has 5 fully saturated rings. The van der Waals surface area contributed by atoms with Gasteiger partial charge in [-0.2, -0.15) is 0 Å². The summed E-state index contributed by atoms with van der Waals surface area (Å²) in [5, 5.41) is 30.9. The van der Waals surface area contributed by atoms with Crippen LogP contribution in [0.4, 0.5) is 0 Å². The summed E-state index contributed by atoms with van der Waals surface area (Å²) >= 11 is 0. The van der Waals surface area contributed by atoms with Crippen LogP contribution >= 0.6 is 0 Å². The Morgan fingerprint density at radius 2 is 1.52 bits per heavy atom. The Kier molecular flexibility index (Phi) is 3.59. The summed E-state index contributed by atoms with van der Waals surface area (Å²) in [6.45, 7) is 0. The molecular formula is C20H28O5. The van der Waals surface area contributed by atoms with Crippen molar-refractivity contribution < 1.29 is 24.9 Å². The van der Waals surface area contributed by atoms with E-state index in [-0.39, 0.29) is 29.5 Å². The van der Waals surface area contributed by atoms with Gasteiger partial charge < -0.3 is 15.3 Å². The Balaban J connectivity index is 1.57. The number of carbonyl (C=O) groups is 2. The standard InChI is InChI=1S/C20H28O5/c21-11-2-8-1-9-3-12(22)7-15-16(23)5-10-4-14(20(24)25)13(6-11)17(8)19(10)18(9)15/h8-11,13-19,21,23H,1-7H2,(H,24,25). The van der Waals surface area contributed by atoms with E-state index in [1.807, 2.05) is 0 Å². The molecule has 0 aromatic heterocycles. The number of carboxylic acid groups (broad SMARTS) is 1. The van der Waals surface area contributed by atoms with Crippen LogP contribution in [0.5, 0.6) is 0 Å². The molecule has 25 heavy (non-hydrogen) atoms. The average Bonchev–Trinajstić information content (AvgIpc) is 2.54. The lowest BCUT2D eigenvalue weighted by molar-refractivity contribution is -0.199. The number of hydrogen-bond acceptors (Lipinski definition) is 4. The molecule has 0 heterocycles. The molecule has 0 spiro atoms. The van der Waals surface area contributed by atoms with Gasteiger partial charge in [-0.1, -0.05) is 0 Å². The van der Waals surface area contributed by atoms with E-state index in [2.05, 4.69) is 0 Å². The van der Waals surface area contributed by atoms with Gasteiger partial charge in [-0.15, -0.1) is 0 Å². The topological polar surface area (TPSA) is 94.8 Å². The summed E-state index contributed by atoms with van der Waals surface area (Å²) in [6, 6.07) is 0. The summed E-state index contributed by atoms with van der Waals surface area (Å²) in [5.74, 6) is 1.51. The van der Waals surface area contributed by atoms with Crippen LogP contribution in [-0.4, -0.2) is 39.3 Å². The Hall–Kier alpha value is -0.940. The van der Waals surface area contributed by atoms with E-state index in [0.717, 1.165) is 12.8 Å². The van der Waals surface area contributed by atoms with Crippen LogP contribution in [0.25, 0.3) is 0 Å². The molecule has 0 aromatic rings. The number of hydrogen-bond donors (Lipinski definition) is 3. The first-order valence-corrected chi connectivity index (χ1v) is 10.0. The molecule has 0 aliphatic heterocycles.